The molecule has 0 aromatic rings. The van der Waals surface area contributed by atoms with E-state index in [0.29, 0.717) is 12.0 Å². The highest BCUT2D eigenvalue weighted by Crippen LogP contribution is 2.09. The minimum absolute atomic E-state index is 0.643. The van der Waals surface area contributed by atoms with E-state index >= 15 is 0 Å². The van der Waals surface area contributed by atoms with Crippen LogP contribution in [0.1, 0.15) is 26.7 Å². The van der Waals surface area contributed by atoms with E-state index in [9.17, 15) is 0 Å². The summed E-state index contributed by atoms with van der Waals surface area (Å²) in [5, 5.41) is 3.26. The van der Waals surface area contributed by atoms with E-state index in [2.05, 4.69) is 37.7 Å². The van der Waals surface area contributed by atoms with Crippen molar-refractivity contribution in [1.29, 1.82) is 0 Å². The molecule has 0 spiro atoms. The fraction of sp³-hybridized carbons (Fsp3) is 0.833. The highest BCUT2D eigenvalue weighted by molar-refractivity contribution is 4.75. The molecule has 2 nitrogen and oxygen atoms in total. The lowest BCUT2D eigenvalue weighted by Gasteiger charge is -2.31. The summed E-state index contributed by atoms with van der Waals surface area (Å²) in [7, 11) is 4.23. The molecule has 1 unspecified atom stereocenters. The quantitative estimate of drug-likeness (QED) is 0.475. The molecule has 0 aromatic heterocycles. The zero-order valence-corrected chi connectivity index (χ0v) is 10.2. The van der Waals surface area contributed by atoms with Crippen molar-refractivity contribution in [2.24, 2.45) is 5.92 Å². The fourth-order valence-electron chi connectivity index (χ4n) is 1.76. The third-order valence-corrected chi connectivity index (χ3v) is 2.67. The molecule has 84 valence electrons. The molecule has 0 aromatic carbocycles. The molecule has 0 aliphatic carbocycles. The van der Waals surface area contributed by atoms with Crippen molar-refractivity contribution < 1.29 is 0 Å². The van der Waals surface area contributed by atoms with Crippen LogP contribution in [0, 0.1) is 5.92 Å². The molecule has 0 saturated carbocycles. The Balaban J connectivity index is 3.87. The van der Waals surface area contributed by atoms with Crippen LogP contribution in [0.5, 0.6) is 0 Å². The lowest BCUT2D eigenvalue weighted by atomic mass is 10.0. The summed E-state index contributed by atoms with van der Waals surface area (Å²) in [5.74, 6) is 0.705. The van der Waals surface area contributed by atoms with Gasteiger partial charge in [0, 0.05) is 12.6 Å². The number of allylic oxidation sites excluding steroid dienone is 1. The van der Waals surface area contributed by atoms with E-state index in [1.807, 2.05) is 13.1 Å². The summed E-state index contributed by atoms with van der Waals surface area (Å²) in [4.78, 5) is 2.45. The molecule has 2 heteroatoms. The first-order valence-electron chi connectivity index (χ1n) is 5.59. The summed E-state index contributed by atoms with van der Waals surface area (Å²) in [5.41, 5.74) is 0. The molecule has 1 atom stereocenters. The predicted molar refractivity (Wildman–Crippen MR) is 64.6 cm³/mol. The Morgan fingerprint density at radius 1 is 1.43 bits per heavy atom. The number of hydrogen-bond donors (Lipinski definition) is 1. The average molecular weight is 198 g/mol. The summed E-state index contributed by atoms with van der Waals surface area (Å²) in [6.45, 7) is 10.5. The fourth-order valence-corrected chi connectivity index (χ4v) is 1.76. The van der Waals surface area contributed by atoms with Crippen LogP contribution in [-0.2, 0) is 0 Å². The van der Waals surface area contributed by atoms with Gasteiger partial charge in [-0.2, -0.15) is 0 Å². The summed E-state index contributed by atoms with van der Waals surface area (Å²) in [6, 6.07) is 0.643. The van der Waals surface area contributed by atoms with Crippen LogP contribution >= 0.6 is 0 Å². The zero-order valence-electron chi connectivity index (χ0n) is 10.2. The molecule has 0 radical (unpaired) electrons. The minimum Gasteiger partial charge on any atom is -0.318 e. The van der Waals surface area contributed by atoms with Crippen LogP contribution in [-0.4, -0.2) is 38.1 Å². The van der Waals surface area contributed by atoms with Crippen molar-refractivity contribution in [2.75, 3.05) is 27.2 Å². The minimum atomic E-state index is 0.643. The normalized spacial score (nSPS) is 13.6. The molecule has 14 heavy (non-hydrogen) atoms. The Kier molecular flexibility index (Phi) is 7.81. The van der Waals surface area contributed by atoms with E-state index in [1.54, 1.807) is 0 Å². The molecule has 0 saturated heterocycles. The van der Waals surface area contributed by atoms with Gasteiger partial charge in [-0.3, -0.25) is 0 Å². The van der Waals surface area contributed by atoms with Crippen LogP contribution in [0.2, 0.25) is 0 Å². The van der Waals surface area contributed by atoms with Crippen molar-refractivity contribution in [3.8, 4) is 0 Å². The van der Waals surface area contributed by atoms with Gasteiger partial charge in [0.25, 0.3) is 0 Å². The number of unbranched alkanes of at least 4 members (excludes halogenated alkanes) is 1. The number of hydrogen-bond acceptors (Lipinski definition) is 2. The molecular weight excluding hydrogens is 172 g/mol. The van der Waals surface area contributed by atoms with Gasteiger partial charge in [0.05, 0.1) is 0 Å². The van der Waals surface area contributed by atoms with Crippen LogP contribution < -0.4 is 5.32 Å². The molecule has 0 amide bonds. The first-order chi connectivity index (χ1) is 6.63. The third kappa shape index (κ3) is 5.40. The molecular formula is C12H26N2. The van der Waals surface area contributed by atoms with E-state index in [-0.39, 0.29) is 0 Å². The number of nitrogens with one attached hydrogen (secondary N) is 1. The molecule has 0 aliphatic rings. The second-order valence-electron chi connectivity index (χ2n) is 4.28. The third-order valence-electron chi connectivity index (χ3n) is 2.67. The first kappa shape index (κ1) is 13.7. The maximum absolute atomic E-state index is 3.74. The second kappa shape index (κ2) is 8.01. The van der Waals surface area contributed by atoms with Gasteiger partial charge >= 0.3 is 0 Å². The van der Waals surface area contributed by atoms with Gasteiger partial charge in [-0.1, -0.05) is 19.9 Å². The monoisotopic (exact) mass is 198 g/mol. The van der Waals surface area contributed by atoms with Gasteiger partial charge in [0.2, 0.25) is 0 Å². The maximum atomic E-state index is 3.74. The molecule has 0 heterocycles. The zero-order chi connectivity index (χ0) is 11.0. The Hall–Kier alpha value is -0.340. The highest BCUT2D eigenvalue weighted by Gasteiger charge is 2.16. The average Bonchev–Trinajstić information content (AvgIpc) is 2.13. The molecule has 0 bridgehead atoms. The molecule has 0 aliphatic heterocycles. The second-order valence-corrected chi connectivity index (χ2v) is 4.28. The number of rotatable bonds is 8. The Bertz CT molecular complexity index is 143. The van der Waals surface area contributed by atoms with Crippen molar-refractivity contribution in [3.05, 3.63) is 12.7 Å². The van der Waals surface area contributed by atoms with E-state index in [0.717, 1.165) is 19.5 Å². The van der Waals surface area contributed by atoms with Crippen LogP contribution in [0.4, 0.5) is 0 Å². The van der Waals surface area contributed by atoms with Crippen LogP contribution in [0.15, 0.2) is 12.7 Å². The summed E-state index contributed by atoms with van der Waals surface area (Å²) >= 11 is 0. The first-order valence-corrected chi connectivity index (χ1v) is 5.59. The van der Waals surface area contributed by atoms with Gasteiger partial charge in [0.15, 0.2) is 0 Å². The Labute approximate surface area is 89.4 Å². The Morgan fingerprint density at radius 3 is 2.50 bits per heavy atom. The van der Waals surface area contributed by atoms with Crippen LogP contribution in [0.25, 0.3) is 0 Å². The number of likely N-dealkylation sites (N-methyl/N-ethyl adjacent to an activating group) is 2. The largest absolute Gasteiger partial charge is 0.318 e. The highest BCUT2D eigenvalue weighted by atomic mass is 15.1. The van der Waals surface area contributed by atoms with Gasteiger partial charge in [0.1, 0.15) is 0 Å². The molecule has 0 rings (SSSR count). The topological polar surface area (TPSA) is 15.3 Å². The summed E-state index contributed by atoms with van der Waals surface area (Å²) in [6.07, 6.45) is 4.33. The van der Waals surface area contributed by atoms with Gasteiger partial charge in [-0.25, -0.2) is 0 Å². The van der Waals surface area contributed by atoms with Gasteiger partial charge < -0.3 is 10.2 Å². The smallest absolute Gasteiger partial charge is 0.0240 e. The van der Waals surface area contributed by atoms with E-state index in [4.69, 9.17) is 0 Å². The van der Waals surface area contributed by atoms with Crippen molar-refractivity contribution in [2.45, 2.75) is 32.7 Å². The Morgan fingerprint density at radius 2 is 2.07 bits per heavy atom. The van der Waals surface area contributed by atoms with E-state index < -0.39 is 0 Å². The molecule has 0 fully saturated rings. The lowest BCUT2D eigenvalue weighted by molar-refractivity contribution is 0.188. The van der Waals surface area contributed by atoms with Crippen molar-refractivity contribution in [1.82, 2.24) is 10.2 Å². The van der Waals surface area contributed by atoms with Crippen molar-refractivity contribution >= 4 is 0 Å². The van der Waals surface area contributed by atoms with Crippen molar-refractivity contribution in [3.63, 3.8) is 0 Å². The van der Waals surface area contributed by atoms with Gasteiger partial charge in [-0.05, 0) is 39.4 Å². The SMILES string of the molecule is C=CCCCN(C)C(CNC)C(C)C. The molecule has 1 N–H and O–H groups in total. The standard InChI is InChI=1S/C12H26N2/c1-6-7-8-9-14(5)12(10-13-4)11(2)3/h6,11-13H,1,7-10H2,2-5H3. The predicted octanol–water partition coefficient (Wildman–Crippen LogP) is 2.13. The van der Waals surface area contributed by atoms with Crippen LogP contribution in [0.3, 0.4) is 0 Å². The van der Waals surface area contributed by atoms with Gasteiger partial charge in [-0.15, -0.1) is 6.58 Å². The maximum Gasteiger partial charge on any atom is 0.0240 e. The lowest BCUT2D eigenvalue weighted by Crippen LogP contribution is -2.43. The van der Waals surface area contributed by atoms with E-state index in [1.165, 1.54) is 6.42 Å². The summed E-state index contributed by atoms with van der Waals surface area (Å²) < 4.78 is 0. The number of nitrogens with zero attached hydrogens (tertiary/aromatic N) is 1.